The van der Waals surface area contributed by atoms with Gasteiger partial charge in [0.15, 0.2) is 23.0 Å². The summed E-state index contributed by atoms with van der Waals surface area (Å²) in [5.74, 6) is 0.189. The molecule has 1 aliphatic heterocycles. The number of carbonyl (C=O) groups is 1. The summed E-state index contributed by atoms with van der Waals surface area (Å²) in [6.45, 7) is 11.6. The Labute approximate surface area is 215 Å². The van der Waals surface area contributed by atoms with Gasteiger partial charge < -0.3 is 25.0 Å². The van der Waals surface area contributed by atoms with E-state index in [1.54, 1.807) is 30.5 Å². The predicted octanol–water partition coefficient (Wildman–Crippen LogP) is 4.81. The van der Waals surface area contributed by atoms with Crippen LogP contribution >= 0.6 is 0 Å². The van der Waals surface area contributed by atoms with Crippen LogP contribution in [0.5, 0.6) is 11.6 Å². The zero-order chi connectivity index (χ0) is 25.6. The topological polar surface area (TPSA) is 93.0 Å². The Kier molecular flexibility index (Phi) is 5.83. The van der Waals surface area contributed by atoms with Crippen LogP contribution in [0.3, 0.4) is 0 Å². The lowest BCUT2D eigenvalue weighted by molar-refractivity contribution is -0.117. The number of rotatable bonds is 9. The van der Waals surface area contributed by atoms with E-state index in [9.17, 15) is 9.18 Å². The molecular weight excluding hydrogens is 475 g/mol. The summed E-state index contributed by atoms with van der Waals surface area (Å²) in [6, 6.07) is 8.00. The lowest BCUT2D eigenvalue weighted by atomic mass is 9.97. The average molecular weight is 507 g/mol. The summed E-state index contributed by atoms with van der Waals surface area (Å²) in [6.07, 6.45) is 5.36. The molecule has 0 bridgehead atoms. The number of aromatic nitrogens is 3. The van der Waals surface area contributed by atoms with Gasteiger partial charge in [0.2, 0.25) is 11.8 Å². The molecule has 194 valence electrons. The maximum Gasteiger partial charge on any atom is 0.237 e. The number of nitrogens with one attached hydrogen (secondary N) is 2. The molecule has 37 heavy (non-hydrogen) atoms. The molecule has 3 fully saturated rings. The van der Waals surface area contributed by atoms with Crippen LogP contribution in [0.2, 0.25) is 0 Å². The lowest BCUT2D eigenvalue weighted by Gasteiger charge is -2.35. The second-order valence-electron chi connectivity index (χ2n) is 9.84. The Morgan fingerprint density at radius 1 is 1.16 bits per heavy atom. The zero-order valence-electron chi connectivity index (χ0n) is 20.5. The standard InChI is InChI=1S/C27H29FN6O3.H2/c1-17(27(9-10-27)18(2)33-11-13-36-14-12-33)29-20-5-6-22(21(28)15-20)37-25-8-7-24-30-23(16-34(24)32-25)31-26(35)19-3-4-19;/h5-8,15-16,19,29H,1-4,9-14H2,(H,31,35);1H. The van der Waals surface area contributed by atoms with Crippen molar-refractivity contribution in [2.24, 2.45) is 11.3 Å². The molecule has 0 spiro atoms. The maximum atomic E-state index is 15.0. The summed E-state index contributed by atoms with van der Waals surface area (Å²) in [5.41, 5.74) is 2.79. The summed E-state index contributed by atoms with van der Waals surface area (Å²) >= 11 is 0. The van der Waals surface area contributed by atoms with Gasteiger partial charge in [-0.3, -0.25) is 4.79 Å². The van der Waals surface area contributed by atoms with E-state index in [1.165, 1.54) is 10.6 Å². The van der Waals surface area contributed by atoms with Crippen molar-refractivity contribution in [3.63, 3.8) is 0 Å². The Hall–Kier alpha value is -3.92. The van der Waals surface area contributed by atoms with Crippen molar-refractivity contribution in [1.82, 2.24) is 19.5 Å². The van der Waals surface area contributed by atoms with Gasteiger partial charge >= 0.3 is 0 Å². The Morgan fingerprint density at radius 3 is 2.65 bits per heavy atom. The van der Waals surface area contributed by atoms with Crippen molar-refractivity contribution in [3.8, 4) is 11.6 Å². The van der Waals surface area contributed by atoms with E-state index in [4.69, 9.17) is 9.47 Å². The largest absolute Gasteiger partial charge is 0.434 e. The van der Waals surface area contributed by atoms with Gasteiger partial charge in [-0.1, -0.05) is 13.2 Å². The number of hydrogen-bond donors (Lipinski definition) is 2. The van der Waals surface area contributed by atoms with Crippen molar-refractivity contribution < 1.29 is 20.1 Å². The lowest BCUT2D eigenvalue weighted by Crippen LogP contribution is -2.38. The second-order valence-corrected chi connectivity index (χ2v) is 9.84. The molecule has 2 saturated carbocycles. The molecule has 3 heterocycles. The van der Waals surface area contributed by atoms with Gasteiger partial charge in [-0.05, 0) is 43.9 Å². The molecule has 10 heteroatoms. The molecule has 1 saturated heterocycles. The van der Waals surface area contributed by atoms with Crippen molar-refractivity contribution in [3.05, 3.63) is 66.9 Å². The first kappa shape index (κ1) is 23.5. The molecule has 0 atom stereocenters. The quantitative estimate of drug-likeness (QED) is 0.430. The SMILES string of the molecule is C=C(Nc1ccc(Oc2ccc3nc(NC(=O)C4CC4)cn3n2)c(F)c1)C1(C(=C)N2CCOCC2)CC1.[HH]. The Bertz CT molecular complexity index is 1390. The highest BCUT2D eigenvalue weighted by atomic mass is 19.1. The number of amides is 1. The van der Waals surface area contributed by atoms with Crippen molar-refractivity contribution in [2.75, 3.05) is 36.9 Å². The van der Waals surface area contributed by atoms with Crippen LogP contribution in [0, 0.1) is 17.2 Å². The van der Waals surface area contributed by atoms with Crippen LogP contribution in [0.4, 0.5) is 15.9 Å². The number of hydrogen-bond acceptors (Lipinski definition) is 7. The zero-order valence-corrected chi connectivity index (χ0v) is 20.5. The molecule has 3 aromatic rings. The van der Waals surface area contributed by atoms with Gasteiger partial charge in [0, 0.05) is 55.1 Å². The van der Waals surface area contributed by atoms with Crippen LogP contribution in [0.1, 0.15) is 27.1 Å². The maximum absolute atomic E-state index is 15.0. The van der Waals surface area contributed by atoms with Crippen molar-refractivity contribution in [1.29, 1.82) is 0 Å². The molecule has 6 rings (SSSR count). The number of ether oxygens (including phenoxy) is 2. The van der Waals surface area contributed by atoms with Crippen LogP contribution in [-0.2, 0) is 9.53 Å². The number of anilines is 2. The van der Waals surface area contributed by atoms with Crippen molar-refractivity contribution in [2.45, 2.75) is 25.7 Å². The minimum atomic E-state index is -0.528. The van der Waals surface area contributed by atoms with E-state index >= 15 is 0 Å². The van der Waals surface area contributed by atoms with Crippen molar-refractivity contribution >= 4 is 23.1 Å². The first-order valence-corrected chi connectivity index (χ1v) is 12.5. The number of carbonyl (C=O) groups excluding carboxylic acids is 1. The fraction of sp³-hybridized carbons (Fsp3) is 0.370. The number of imidazole rings is 1. The van der Waals surface area contributed by atoms with Gasteiger partial charge in [-0.25, -0.2) is 13.9 Å². The highest BCUT2D eigenvalue weighted by Crippen LogP contribution is 2.57. The molecule has 2 aromatic heterocycles. The Balaban J connectivity index is 0.00000294. The molecule has 1 aromatic carbocycles. The van der Waals surface area contributed by atoms with E-state index in [-0.39, 0.29) is 30.3 Å². The van der Waals surface area contributed by atoms with Gasteiger partial charge in [0.05, 0.1) is 19.4 Å². The third-order valence-electron chi connectivity index (χ3n) is 7.21. The second kappa shape index (κ2) is 9.19. The third-order valence-corrected chi connectivity index (χ3v) is 7.21. The molecule has 3 aliphatic rings. The van der Waals surface area contributed by atoms with Crippen LogP contribution < -0.4 is 15.4 Å². The van der Waals surface area contributed by atoms with E-state index in [0.29, 0.717) is 30.4 Å². The Morgan fingerprint density at radius 2 is 1.95 bits per heavy atom. The molecule has 2 N–H and O–H groups in total. The highest BCUT2D eigenvalue weighted by molar-refractivity contribution is 5.93. The van der Waals surface area contributed by atoms with E-state index < -0.39 is 5.82 Å². The molecule has 0 unspecified atom stereocenters. The molecule has 2 aliphatic carbocycles. The van der Waals surface area contributed by atoms with Gasteiger partial charge in [0.25, 0.3) is 0 Å². The number of nitrogens with zero attached hydrogens (tertiary/aromatic N) is 4. The van der Waals surface area contributed by atoms with Crippen LogP contribution in [0.15, 0.2) is 61.1 Å². The summed E-state index contributed by atoms with van der Waals surface area (Å²) in [7, 11) is 0. The monoisotopic (exact) mass is 506 g/mol. The average Bonchev–Trinajstić information content (AvgIpc) is 3.82. The van der Waals surface area contributed by atoms with Gasteiger partial charge in [-0.2, -0.15) is 0 Å². The van der Waals surface area contributed by atoms with Gasteiger partial charge in [0.1, 0.15) is 0 Å². The minimum Gasteiger partial charge on any atom is -0.434 e. The molecule has 0 radical (unpaired) electrons. The molecule has 1 amide bonds. The van der Waals surface area contributed by atoms with Crippen LogP contribution in [-0.4, -0.2) is 51.7 Å². The van der Waals surface area contributed by atoms with E-state index in [1.807, 2.05) is 0 Å². The predicted molar refractivity (Wildman–Crippen MR) is 139 cm³/mol. The number of fused-ring (bicyclic) bond motifs is 1. The van der Waals surface area contributed by atoms with E-state index in [2.05, 4.69) is 38.8 Å². The summed E-state index contributed by atoms with van der Waals surface area (Å²) in [4.78, 5) is 18.6. The minimum absolute atomic E-state index is 0. The summed E-state index contributed by atoms with van der Waals surface area (Å²) in [5, 5.41) is 10.4. The highest BCUT2D eigenvalue weighted by Gasteiger charge is 2.50. The molecular formula is C27H31FN6O3. The normalized spacial score (nSPS) is 18.4. The van der Waals surface area contributed by atoms with E-state index in [0.717, 1.165) is 50.2 Å². The first-order valence-electron chi connectivity index (χ1n) is 12.5. The fourth-order valence-electron chi connectivity index (χ4n) is 4.65. The first-order chi connectivity index (χ1) is 17.9. The smallest absolute Gasteiger partial charge is 0.237 e. The summed E-state index contributed by atoms with van der Waals surface area (Å²) < 4.78 is 27.6. The number of halogens is 1. The van der Waals surface area contributed by atoms with Crippen LogP contribution in [0.25, 0.3) is 5.65 Å². The fourth-order valence-corrected chi connectivity index (χ4v) is 4.65. The molecule has 9 nitrogen and oxygen atoms in total. The number of morpholine rings is 1. The number of benzene rings is 1. The third kappa shape index (κ3) is 4.76. The van der Waals surface area contributed by atoms with Gasteiger partial charge in [-0.15, -0.1) is 5.10 Å².